The minimum absolute atomic E-state index is 0.142. The average Bonchev–Trinajstić information content (AvgIpc) is 2.27. The van der Waals surface area contributed by atoms with Crippen LogP contribution in [0.2, 0.25) is 0 Å². The van der Waals surface area contributed by atoms with Crippen LogP contribution in [0.3, 0.4) is 0 Å². The highest BCUT2D eigenvalue weighted by atomic mass is 32.4. The van der Waals surface area contributed by atoms with Crippen molar-refractivity contribution in [3.05, 3.63) is 0 Å². The van der Waals surface area contributed by atoms with Crippen LogP contribution >= 0.6 is 6.42 Å². The second kappa shape index (κ2) is 3.24. The van der Waals surface area contributed by atoms with E-state index < -0.39 is 6.42 Å². The van der Waals surface area contributed by atoms with Crippen LogP contribution < -0.4 is 0 Å². The number of hydrazone groups is 1. The van der Waals surface area contributed by atoms with Crippen molar-refractivity contribution in [2.45, 2.75) is 13.8 Å². The molecule has 1 heterocycles. The van der Waals surface area contributed by atoms with Crippen LogP contribution in [-0.2, 0) is 21.1 Å². The highest BCUT2D eigenvalue weighted by molar-refractivity contribution is 8.11. The lowest BCUT2D eigenvalue weighted by atomic mass is 10.5. The maximum atomic E-state index is 11.1. The topological polar surface area (TPSA) is 41.9 Å². The normalized spacial score (nSPS) is 28.9. The van der Waals surface area contributed by atoms with Crippen LogP contribution in [0, 0.1) is 0 Å². The van der Waals surface area contributed by atoms with Crippen molar-refractivity contribution in [1.82, 2.24) is 4.78 Å². The molecule has 6 heteroatoms. The summed E-state index contributed by atoms with van der Waals surface area (Å²) in [6.07, 6.45) is -1.55. The second-order valence-electron chi connectivity index (χ2n) is 2.62. The van der Waals surface area contributed by atoms with E-state index in [9.17, 15) is 4.79 Å². The molecule has 1 aliphatic heterocycles. The highest BCUT2D eigenvalue weighted by Crippen LogP contribution is 2.54. The van der Waals surface area contributed by atoms with Gasteiger partial charge in [0.2, 0.25) is 5.91 Å². The van der Waals surface area contributed by atoms with E-state index in [1.54, 1.807) is 0 Å². The van der Waals surface area contributed by atoms with Gasteiger partial charge in [0.25, 0.3) is 0 Å². The molecular weight excluding hydrogens is 195 g/mol. The Morgan fingerprint density at radius 2 is 2.42 bits per heavy atom. The van der Waals surface area contributed by atoms with Gasteiger partial charge in [0.15, 0.2) is 6.42 Å². The van der Waals surface area contributed by atoms with Crippen LogP contribution in [0.4, 0.5) is 0 Å². The molecule has 0 aliphatic carbocycles. The maximum Gasteiger partial charge on any atom is 0.245 e. The zero-order valence-electron chi connectivity index (χ0n) is 7.27. The molecule has 0 saturated heterocycles. The summed E-state index contributed by atoms with van der Waals surface area (Å²) in [5, 5.41) is 4.03. The van der Waals surface area contributed by atoms with Gasteiger partial charge in [-0.1, -0.05) is 0 Å². The average molecular weight is 206 g/mol. The van der Waals surface area contributed by atoms with Crippen molar-refractivity contribution in [3.8, 4) is 0 Å². The van der Waals surface area contributed by atoms with E-state index in [2.05, 4.69) is 5.10 Å². The summed E-state index contributed by atoms with van der Waals surface area (Å²) < 4.78 is 6.48. The smallest absolute Gasteiger partial charge is 0.245 e. The molecule has 0 N–H and O–H groups in total. The molecule has 4 nitrogen and oxygen atoms in total. The standard InChI is InChI=1S/C6H11N2O2PS/c1-5-4-11(12,10-3)8(7-5)6(2)9/h4H2,1-3H3. The molecule has 0 fully saturated rings. The Hall–Kier alpha value is -0.250. The molecule has 0 radical (unpaired) electrons. The number of hydrogen-bond acceptors (Lipinski definition) is 4. The molecule has 0 spiro atoms. The summed E-state index contributed by atoms with van der Waals surface area (Å²) >= 11 is 5.22. The first-order valence-electron chi connectivity index (χ1n) is 3.49. The molecule has 1 atom stereocenters. The molecule has 0 saturated carbocycles. The minimum Gasteiger partial charge on any atom is -0.336 e. The number of nitrogens with zero attached hydrogens (tertiary/aromatic N) is 2. The van der Waals surface area contributed by atoms with Crippen molar-refractivity contribution in [2.75, 3.05) is 13.3 Å². The first kappa shape index (κ1) is 9.84. The molecule has 68 valence electrons. The van der Waals surface area contributed by atoms with Gasteiger partial charge in [-0.15, -0.1) is 0 Å². The molecule has 1 amide bonds. The summed E-state index contributed by atoms with van der Waals surface area (Å²) in [7, 11) is 1.53. The van der Waals surface area contributed by atoms with E-state index in [4.69, 9.17) is 16.3 Å². The highest BCUT2D eigenvalue weighted by Gasteiger charge is 2.34. The van der Waals surface area contributed by atoms with Gasteiger partial charge in [-0.05, 0) is 18.7 Å². The summed E-state index contributed by atoms with van der Waals surface area (Å²) in [6.45, 7) is 3.30. The zero-order chi connectivity index (χ0) is 9.35. The van der Waals surface area contributed by atoms with Gasteiger partial charge in [-0.2, -0.15) is 9.88 Å². The number of carbonyl (C=O) groups excluding carboxylic acids is 1. The fourth-order valence-corrected chi connectivity index (χ4v) is 3.84. The molecule has 0 aromatic rings. The van der Waals surface area contributed by atoms with Gasteiger partial charge < -0.3 is 4.52 Å². The predicted octanol–water partition coefficient (Wildman–Crippen LogP) is 1.18. The summed E-state index contributed by atoms with van der Waals surface area (Å²) in [5.41, 5.74) is 0.871. The van der Waals surface area contributed by atoms with Gasteiger partial charge in [0, 0.05) is 19.7 Å². The van der Waals surface area contributed by atoms with Crippen LogP contribution in [0.1, 0.15) is 13.8 Å². The van der Waals surface area contributed by atoms with Crippen LogP contribution in [0.25, 0.3) is 0 Å². The van der Waals surface area contributed by atoms with Crippen LogP contribution in [0.5, 0.6) is 0 Å². The Morgan fingerprint density at radius 3 is 2.75 bits per heavy atom. The summed E-state index contributed by atoms with van der Waals surface area (Å²) in [6, 6.07) is 0. The monoisotopic (exact) mass is 206 g/mol. The Morgan fingerprint density at radius 1 is 1.83 bits per heavy atom. The number of amides is 1. The lowest BCUT2D eigenvalue weighted by Gasteiger charge is -2.21. The van der Waals surface area contributed by atoms with E-state index in [-0.39, 0.29) is 5.91 Å². The molecule has 0 aromatic heterocycles. The van der Waals surface area contributed by atoms with Crippen LogP contribution in [0.15, 0.2) is 5.10 Å². The Kier molecular flexibility index (Phi) is 2.66. The molecule has 0 aromatic carbocycles. The Bertz CT molecular complexity index is 289. The third kappa shape index (κ3) is 1.58. The SMILES string of the molecule is COP1(=S)CC(C)=NN1C(C)=O. The molecule has 0 bridgehead atoms. The van der Waals surface area contributed by atoms with Crippen molar-refractivity contribution < 1.29 is 9.32 Å². The van der Waals surface area contributed by atoms with E-state index in [1.807, 2.05) is 6.92 Å². The molecule has 1 aliphatic rings. The molecular formula is C6H11N2O2PS. The maximum absolute atomic E-state index is 11.1. The summed E-state index contributed by atoms with van der Waals surface area (Å²) in [5.74, 6) is -0.142. The third-order valence-corrected chi connectivity index (χ3v) is 5.22. The fraction of sp³-hybridized carbons (Fsp3) is 0.667. The summed E-state index contributed by atoms with van der Waals surface area (Å²) in [4.78, 5) is 11.1. The first-order chi connectivity index (χ1) is 5.49. The predicted molar refractivity (Wildman–Crippen MR) is 51.8 cm³/mol. The Balaban J connectivity index is 2.97. The van der Waals surface area contributed by atoms with Gasteiger partial charge in [-0.3, -0.25) is 4.79 Å². The fourth-order valence-electron chi connectivity index (χ4n) is 1.04. The van der Waals surface area contributed by atoms with Crippen molar-refractivity contribution >= 4 is 29.8 Å². The zero-order valence-corrected chi connectivity index (χ0v) is 8.98. The largest absolute Gasteiger partial charge is 0.336 e. The van der Waals surface area contributed by atoms with Crippen molar-refractivity contribution in [3.63, 3.8) is 0 Å². The van der Waals surface area contributed by atoms with Gasteiger partial charge >= 0.3 is 0 Å². The van der Waals surface area contributed by atoms with Gasteiger partial charge in [0.1, 0.15) is 0 Å². The first-order valence-corrected chi connectivity index (χ1v) is 6.35. The lowest BCUT2D eigenvalue weighted by Crippen LogP contribution is -2.17. The van der Waals surface area contributed by atoms with Crippen molar-refractivity contribution in [1.29, 1.82) is 0 Å². The van der Waals surface area contributed by atoms with Gasteiger partial charge in [-0.25, -0.2) is 0 Å². The minimum atomic E-state index is -2.16. The third-order valence-electron chi connectivity index (χ3n) is 1.55. The van der Waals surface area contributed by atoms with E-state index >= 15 is 0 Å². The van der Waals surface area contributed by atoms with Crippen molar-refractivity contribution in [2.24, 2.45) is 5.10 Å². The van der Waals surface area contributed by atoms with Crippen LogP contribution in [-0.4, -0.2) is 29.7 Å². The number of carbonyl (C=O) groups is 1. The van der Waals surface area contributed by atoms with E-state index in [0.29, 0.717) is 6.16 Å². The lowest BCUT2D eigenvalue weighted by molar-refractivity contribution is -0.124. The number of hydrogen-bond donors (Lipinski definition) is 0. The van der Waals surface area contributed by atoms with Gasteiger partial charge in [0.05, 0.1) is 6.16 Å². The second-order valence-corrected chi connectivity index (χ2v) is 6.67. The molecule has 12 heavy (non-hydrogen) atoms. The number of rotatable bonds is 1. The van der Waals surface area contributed by atoms with E-state index in [1.165, 1.54) is 18.8 Å². The molecule has 1 rings (SSSR count). The Labute approximate surface area is 76.7 Å². The van der Waals surface area contributed by atoms with E-state index in [0.717, 1.165) is 5.71 Å². The quantitative estimate of drug-likeness (QED) is 0.605. The molecule has 1 unspecified atom stereocenters.